The summed E-state index contributed by atoms with van der Waals surface area (Å²) in [7, 11) is 0. The molecule has 4 rings (SSSR count). The average Bonchev–Trinajstić information content (AvgIpc) is 3.07. The van der Waals surface area contributed by atoms with Gasteiger partial charge in [-0.3, -0.25) is 14.2 Å². The van der Waals surface area contributed by atoms with E-state index in [1.54, 1.807) is 24.1 Å². The molecule has 0 aliphatic carbocycles. The van der Waals surface area contributed by atoms with Gasteiger partial charge in [0.25, 0.3) is 5.56 Å². The number of nitrogens with zero attached hydrogens (tertiary/aromatic N) is 4. The summed E-state index contributed by atoms with van der Waals surface area (Å²) in [6.45, 7) is 2.42. The van der Waals surface area contributed by atoms with Crippen molar-refractivity contribution >= 4 is 5.91 Å². The van der Waals surface area contributed by atoms with Crippen LogP contribution in [-0.2, 0) is 13.0 Å². The number of benzene rings is 1. The van der Waals surface area contributed by atoms with Crippen LogP contribution in [0.4, 0.5) is 4.39 Å². The van der Waals surface area contributed by atoms with Gasteiger partial charge >= 0.3 is 11.8 Å². The number of hydrogen-bond donors (Lipinski definition) is 0. The van der Waals surface area contributed by atoms with Crippen molar-refractivity contribution in [2.45, 2.75) is 19.9 Å². The first-order valence-electron chi connectivity index (χ1n) is 8.11. The second kappa shape index (κ2) is 6.21. The molecule has 0 unspecified atom stereocenters. The second-order valence-electron chi connectivity index (χ2n) is 6.11. The average molecular weight is 354 g/mol. The third kappa shape index (κ3) is 2.90. The molecule has 132 valence electrons. The van der Waals surface area contributed by atoms with Crippen molar-refractivity contribution in [2.24, 2.45) is 0 Å². The Hall–Kier alpha value is -3.29. The van der Waals surface area contributed by atoms with E-state index in [1.807, 2.05) is 0 Å². The summed E-state index contributed by atoms with van der Waals surface area (Å²) in [6.07, 6.45) is 2.26. The fourth-order valence-electron chi connectivity index (χ4n) is 3.02. The lowest BCUT2D eigenvalue weighted by molar-refractivity contribution is 0.0692. The molecule has 8 heteroatoms. The van der Waals surface area contributed by atoms with E-state index >= 15 is 0 Å². The predicted molar refractivity (Wildman–Crippen MR) is 89.5 cm³/mol. The van der Waals surface area contributed by atoms with Crippen LogP contribution in [0.25, 0.3) is 5.69 Å². The van der Waals surface area contributed by atoms with Gasteiger partial charge in [0.15, 0.2) is 0 Å². The van der Waals surface area contributed by atoms with Gasteiger partial charge in [0.05, 0.1) is 0 Å². The second-order valence-corrected chi connectivity index (χ2v) is 6.11. The van der Waals surface area contributed by atoms with Crippen molar-refractivity contribution in [3.8, 4) is 5.69 Å². The largest absolute Gasteiger partial charge is 0.417 e. The highest BCUT2D eigenvalue weighted by molar-refractivity contribution is 5.89. The van der Waals surface area contributed by atoms with Crippen LogP contribution in [0.15, 0.2) is 45.7 Å². The van der Waals surface area contributed by atoms with Gasteiger partial charge in [0, 0.05) is 38.0 Å². The minimum atomic E-state index is -0.369. The first-order valence-corrected chi connectivity index (χ1v) is 8.11. The molecule has 2 aromatic heterocycles. The van der Waals surface area contributed by atoms with E-state index in [9.17, 15) is 14.0 Å². The van der Waals surface area contributed by atoms with Crippen LogP contribution in [0.5, 0.6) is 0 Å². The van der Waals surface area contributed by atoms with Gasteiger partial charge in [-0.2, -0.15) is 0 Å². The molecule has 3 aromatic rings. The number of aryl methyl sites for hydroxylation is 1. The normalized spacial score (nSPS) is 13.5. The molecular formula is C18H15FN4O3. The predicted octanol–water partition coefficient (Wildman–Crippen LogP) is 1.87. The first kappa shape index (κ1) is 16.2. The number of aromatic nitrogens is 3. The molecule has 26 heavy (non-hydrogen) atoms. The summed E-state index contributed by atoms with van der Waals surface area (Å²) < 4.78 is 19.8. The van der Waals surface area contributed by atoms with Gasteiger partial charge in [0.1, 0.15) is 5.82 Å². The fourth-order valence-corrected chi connectivity index (χ4v) is 3.02. The Bertz CT molecular complexity index is 1040. The number of amides is 1. The maximum Gasteiger partial charge on any atom is 0.311 e. The summed E-state index contributed by atoms with van der Waals surface area (Å²) in [6, 6.07) is 7.24. The van der Waals surface area contributed by atoms with Crippen LogP contribution in [0.1, 0.15) is 27.7 Å². The number of hydrogen-bond acceptors (Lipinski definition) is 5. The van der Waals surface area contributed by atoms with Crippen LogP contribution in [-0.4, -0.2) is 32.1 Å². The van der Waals surface area contributed by atoms with E-state index in [4.69, 9.17) is 4.42 Å². The number of carbonyl (C=O) groups is 1. The summed E-state index contributed by atoms with van der Waals surface area (Å²) >= 11 is 0. The molecule has 0 radical (unpaired) electrons. The number of rotatable bonds is 2. The van der Waals surface area contributed by atoms with Crippen LogP contribution in [0.2, 0.25) is 0 Å². The number of pyridine rings is 1. The molecule has 0 spiro atoms. The molecule has 0 saturated heterocycles. The first-order chi connectivity index (χ1) is 12.5. The maximum atomic E-state index is 13.1. The minimum absolute atomic E-state index is 0.0437. The lowest BCUT2D eigenvalue weighted by Gasteiger charge is -2.28. The maximum absolute atomic E-state index is 13.1. The number of halogens is 1. The molecule has 1 aromatic carbocycles. The zero-order valence-corrected chi connectivity index (χ0v) is 14.0. The van der Waals surface area contributed by atoms with E-state index in [0.29, 0.717) is 31.1 Å². The molecule has 0 fully saturated rings. The van der Waals surface area contributed by atoms with Crippen molar-refractivity contribution in [1.82, 2.24) is 19.7 Å². The smallest absolute Gasteiger partial charge is 0.311 e. The van der Waals surface area contributed by atoms with Crippen LogP contribution < -0.4 is 5.56 Å². The van der Waals surface area contributed by atoms with E-state index in [1.165, 1.54) is 28.8 Å². The molecule has 7 nitrogen and oxygen atoms in total. The third-order valence-electron chi connectivity index (χ3n) is 4.35. The molecule has 1 aliphatic rings. The zero-order valence-electron chi connectivity index (χ0n) is 14.0. The van der Waals surface area contributed by atoms with Crippen LogP contribution >= 0.6 is 0 Å². The van der Waals surface area contributed by atoms with Gasteiger partial charge < -0.3 is 9.32 Å². The summed E-state index contributed by atoms with van der Waals surface area (Å²) in [5, 5.41) is 7.44. The lowest BCUT2D eigenvalue weighted by atomic mass is 10.0. The van der Waals surface area contributed by atoms with Gasteiger partial charge in [-0.05, 0) is 41.8 Å². The topological polar surface area (TPSA) is 81.2 Å². The van der Waals surface area contributed by atoms with Crippen LogP contribution in [0, 0.1) is 12.7 Å². The molecule has 3 heterocycles. The van der Waals surface area contributed by atoms with E-state index in [2.05, 4.69) is 10.2 Å². The third-order valence-corrected chi connectivity index (χ3v) is 4.35. The van der Waals surface area contributed by atoms with E-state index < -0.39 is 0 Å². The fraction of sp³-hybridized carbons (Fsp3) is 0.222. The number of fused-ring (bicyclic) bond motifs is 1. The Balaban J connectivity index is 1.66. The van der Waals surface area contributed by atoms with Gasteiger partial charge in [-0.25, -0.2) is 4.39 Å². The van der Waals surface area contributed by atoms with Gasteiger partial charge in [-0.1, -0.05) is 0 Å². The quantitative estimate of drug-likeness (QED) is 0.702. The Morgan fingerprint density at radius 2 is 1.96 bits per heavy atom. The van der Waals surface area contributed by atoms with Crippen LogP contribution in [0.3, 0.4) is 0 Å². The summed E-state index contributed by atoms with van der Waals surface area (Å²) in [4.78, 5) is 26.5. The van der Waals surface area contributed by atoms with Gasteiger partial charge in [0.2, 0.25) is 5.89 Å². The van der Waals surface area contributed by atoms with Crippen molar-refractivity contribution in [1.29, 1.82) is 0 Å². The highest BCUT2D eigenvalue weighted by Gasteiger charge is 2.26. The molecule has 0 bridgehead atoms. The zero-order chi connectivity index (χ0) is 18.3. The minimum Gasteiger partial charge on any atom is -0.417 e. The molecule has 0 N–H and O–H groups in total. The lowest BCUT2D eigenvalue weighted by Crippen LogP contribution is -2.37. The molecule has 1 amide bonds. The van der Waals surface area contributed by atoms with E-state index in [-0.39, 0.29) is 23.2 Å². The van der Waals surface area contributed by atoms with Crippen molar-refractivity contribution in [2.75, 3.05) is 6.54 Å². The Labute approximate surface area is 147 Å². The SMILES string of the molecule is Cc1nnc(C(=O)N2CCc3cc(=O)n(-c4ccc(F)cc4)cc3C2)o1. The highest BCUT2D eigenvalue weighted by atomic mass is 19.1. The highest BCUT2D eigenvalue weighted by Crippen LogP contribution is 2.20. The molecule has 1 aliphatic heterocycles. The monoisotopic (exact) mass is 354 g/mol. The Morgan fingerprint density at radius 3 is 2.65 bits per heavy atom. The summed E-state index contributed by atoms with van der Waals surface area (Å²) in [5.74, 6) is -0.420. The molecule has 0 saturated carbocycles. The summed E-state index contributed by atoms with van der Waals surface area (Å²) in [5.41, 5.74) is 2.13. The Morgan fingerprint density at radius 1 is 1.19 bits per heavy atom. The molecule has 0 atom stereocenters. The van der Waals surface area contributed by atoms with Gasteiger partial charge in [-0.15, -0.1) is 10.2 Å². The van der Waals surface area contributed by atoms with Crippen molar-refractivity contribution in [3.63, 3.8) is 0 Å². The number of carbonyl (C=O) groups excluding carboxylic acids is 1. The Kier molecular flexibility index (Phi) is 3.87. The van der Waals surface area contributed by atoms with E-state index in [0.717, 1.165) is 11.1 Å². The standard InChI is InChI=1S/C18H15FN4O3/c1-11-20-21-17(26-11)18(25)22-7-6-12-8-16(24)23(10-13(12)9-22)15-4-2-14(19)3-5-15/h2-5,8,10H,6-7,9H2,1H3. The van der Waals surface area contributed by atoms with Crippen molar-refractivity contribution in [3.05, 3.63) is 75.6 Å². The van der Waals surface area contributed by atoms with Crippen molar-refractivity contribution < 1.29 is 13.6 Å². The molecular weight excluding hydrogens is 339 g/mol.